The number of nitrogens with zero attached hydrogens (tertiary/aromatic N) is 3. The smallest absolute Gasteiger partial charge is 0.157 e. The highest BCUT2D eigenvalue weighted by atomic mass is 15.3. The first-order chi connectivity index (χ1) is 10.9. The molecule has 1 aliphatic heterocycles. The molecule has 112 valence electrons. The predicted molar refractivity (Wildman–Crippen MR) is 87.9 cm³/mol. The van der Waals surface area contributed by atoms with Crippen LogP contribution in [0.3, 0.4) is 0 Å². The van der Waals surface area contributed by atoms with E-state index in [2.05, 4.69) is 33.9 Å². The monoisotopic (exact) mass is 293 g/mol. The van der Waals surface area contributed by atoms with E-state index in [0.717, 1.165) is 35.8 Å². The van der Waals surface area contributed by atoms with Crippen LogP contribution in [0.25, 0.3) is 16.9 Å². The highest BCUT2D eigenvalue weighted by molar-refractivity contribution is 5.66. The van der Waals surface area contributed by atoms with Gasteiger partial charge in [0, 0.05) is 30.3 Å². The van der Waals surface area contributed by atoms with Crippen LogP contribution in [0.1, 0.15) is 12.8 Å². The van der Waals surface area contributed by atoms with Crippen LogP contribution in [0.2, 0.25) is 0 Å². The van der Waals surface area contributed by atoms with Crippen molar-refractivity contribution in [3.05, 3.63) is 48.7 Å². The molecule has 5 heteroatoms. The Morgan fingerprint density at radius 2 is 2.14 bits per heavy atom. The third kappa shape index (κ3) is 2.55. The second-order valence-electron chi connectivity index (χ2n) is 5.67. The SMILES string of the molecule is c1ccc(-c2cc(NC[C@H]3CCCN3)n3nccc3n2)cc1. The molecule has 2 N–H and O–H groups in total. The maximum Gasteiger partial charge on any atom is 0.157 e. The molecule has 0 radical (unpaired) electrons. The van der Waals surface area contributed by atoms with E-state index in [9.17, 15) is 0 Å². The Morgan fingerprint density at radius 1 is 1.23 bits per heavy atom. The lowest BCUT2D eigenvalue weighted by Gasteiger charge is -2.14. The molecule has 1 aromatic carbocycles. The van der Waals surface area contributed by atoms with E-state index < -0.39 is 0 Å². The van der Waals surface area contributed by atoms with Gasteiger partial charge in [0.2, 0.25) is 0 Å². The minimum Gasteiger partial charge on any atom is -0.368 e. The van der Waals surface area contributed by atoms with Crippen LogP contribution >= 0.6 is 0 Å². The fraction of sp³-hybridized carbons (Fsp3) is 0.294. The molecule has 1 fully saturated rings. The van der Waals surface area contributed by atoms with Crippen molar-refractivity contribution in [2.45, 2.75) is 18.9 Å². The Labute approximate surface area is 129 Å². The molecule has 0 spiro atoms. The standard InChI is InChI=1S/C17H19N5/c1-2-5-13(6-3-1)15-11-17(19-12-14-7-4-9-18-14)22-16(21-15)8-10-20-22/h1-3,5-6,8,10-11,14,18-19H,4,7,9,12H2/t14-/m1/s1. The molecule has 0 aliphatic carbocycles. The molecule has 3 aromatic rings. The lowest BCUT2D eigenvalue weighted by Crippen LogP contribution is -2.29. The number of aromatic nitrogens is 3. The number of nitrogens with one attached hydrogen (secondary N) is 2. The van der Waals surface area contributed by atoms with Crippen molar-refractivity contribution in [1.29, 1.82) is 0 Å². The van der Waals surface area contributed by atoms with Crippen LogP contribution in [0, 0.1) is 0 Å². The summed E-state index contributed by atoms with van der Waals surface area (Å²) in [5, 5.41) is 11.4. The predicted octanol–water partition coefficient (Wildman–Crippen LogP) is 2.56. The van der Waals surface area contributed by atoms with Gasteiger partial charge in [-0.15, -0.1) is 0 Å². The summed E-state index contributed by atoms with van der Waals surface area (Å²) >= 11 is 0. The number of anilines is 1. The molecule has 5 nitrogen and oxygen atoms in total. The largest absolute Gasteiger partial charge is 0.368 e. The van der Waals surface area contributed by atoms with E-state index in [1.165, 1.54) is 12.8 Å². The van der Waals surface area contributed by atoms with E-state index in [1.54, 1.807) is 6.20 Å². The summed E-state index contributed by atoms with van der Waals surface area (Å²) in [4.78, 5) is 4.69. The highest BCUT2D eigenvalue weighted by Gasteiger charge is 2.15. The van der Waals surface area contributed by atoms with E-state index in [0.29, 0.717) is 6.04 Å². The zero-order valence-electron chi connectivity index (χ0n) is 12.4. The summed E-state index contributed by atoms with van der Waals surface area (Å²) in [6.45, 7) is 2.03. The van der Waals surface area contributed by atoms with Gasteiger partial charge in [0.15, 0.2) is 5.65 Å². The van der Waals surface area contributed by atoms with Crippen LogP contribution in [0.4, 0.5) is 5.82 Å². The lowest BCUT2D eigenvalue weighted by molar-refractivity contribution is 0.631. The Morgan fingerprint density at radius 3 is 2.95 bits per heavy atom. The molecule has 0 unspecified atom stereocenters. The zero-order chi connectivity index (χ0) is 14.8. The second kappa shape index (κ2) is 5.77. The van der Waals surface area contributed by atoms with E-state index >= 15 is 0 Å². The molecule has 0 saturated carbocycles. The first-order valence-corrected chi connectivity index (χ1v) is 7.77. The van der Waals surface area contributed by atoms with Gasteiger partial charge in [-0.05, 0) is 19.4 Å². The quantitative estimate of drug-likeness (QED) is 0.776. The maximum absolute atomic E-state index is 4.69. The summed E-state index contributed by atoms with van der Waals surface area (Å²) in [5.41, 5.74) is 2.95. The minimum absolute atomic E-state index is 0.541. The van der Waals surface area contributed by atoms with Crippen molar-refractivity contribution in [3.8, 4) is 11.3 Å². The Hall–Kier alpha value is -2.40. The van der Waals surface area contributed by atoms with E-state index in [1.807, 2.05) is 28.8 Å². The van der Waals surface area contributed by atoms with Crippen molar-refractivity contribution in [3.63, 3.8) is 0 Å². The number of rotatable bonds is 4. The molecule has 0 amide bonds. The molecule has 4 rings (SSSR count). The number of hydrogen-bond donors (Lipinski definition) is 2. The minimum atomic E-state index is 0.541. The van der Waals surface area contributed by atoms with Gasteiger partial charge in [-0.2, -0.15) is 9.61 Å². The normalized spacial score (nSPS) is 17.9. The van der Waals surface area contributed by atoms with Gasteiger partial charge in [-0.25, -0.2) is 4.98 Å². The molecule has 1 aliphatic rings. The van der Waals surface area contributed by atoms with Crippen molar-refractivity contribution < 1.29 is 0 Å². The topological polar surface area (TPSA) is 54.2 Å². The molecule has 22 heavy (non-hydrogen) atoms. The molecule has 1 atom stereocenters. The van der Waals surface area contributed by atoms with Gasteiger partial charge in [0.05, 0.1) is 11.9 Å². The average Bonchev–Trinajstić information content (AvgIpc) is 3.24. The van der Waals surface area contributed by atoms with E-state index in [-0.39, 0.29) is 0 Å². The fourth-order valence-electron chi connectivity index (χ4n) is 2.95. The van der Waals surface area contributed by atoms with Crippen molar-refractivity contribution >= 4 is 11.5 Å². The van der Waals surface area contributed by atoms with Crippen LogP contribution in [-0.4, -0.2) is 33.7 Å². The summed E-state index contributed by atoms with van der Waals surface area (Å²) in [6.07, 6.45) is 4.27. The molecule has 1 saturated heterocycles. The van der Waals surface area contributed by atoms with Gasteiger partial charge in [0.1, 0.15) is 5.82 Å². The Kier molecular flexibility index (Phi) is 3.48. The molecular formula is C17H19N5. The van der Waals surface area contributed by atoms with Gasteiger partial charge in [-0.3, -0.25) is 0 Å². The van der Waals surface area contributed by atoms with Gasteiger partial charge >= 0.3 is 0 Å². The Balaban J connectivity index is 1.67. The van der Waals surface area contributed by atoms with Gasteiger partial charge in [-0.1, -0.05) is 30.3 Å². The second-order valence-corrected chi connectivity index (χ2v) is 5.67. The summed E-state index contributed by atoms with van der Waals surface area (Å²) < 4.78 is 1.86. The van der Waals surface area contributed by atoms with E-state index in [4.69, 9.17) is 4.98 Å². The highest BCUT2D eigenvalue weighted by Crippen LogP contribution is 2.22. The van der Waals surface area contributed by atoms with Crippen LogP contribution in [0.5, 0.6) is 0 Å². The number of hydrogen-bond acceptors (Lipinski definition) is 4. The van der Waals surface area contributed by atoms with Crippen molar-refractivity contribution in [1.82, 2.24) is 19.9 Å². The van der Waals surface area contributed by atoms with Crippen molar-refractivity contribution in [2.24, 2.45) is 0 Å². The summed E-state index contributed by atoms with van der Waals surface area (Å²) in [6, 6.07) is 14.8. The lowest BCUT2D eigenvalue weighted by atomic mass is 10.1. The third-order valence-electron chi connectivity index (χ3n) is 4.12. The molecule has 3 heterocycles. The van der Waals surface area contributed by atoms with Crippen LogP contribution < -0.4 is 10.6 Å². The maximum atomic E-state index is 4.69. The number of benzene rings is 1. The average molecular weight is 293 g/mol. The Bertz CT molecular complexity index is 759. The van der Waals surface area contributed by atoms with Gasteiger partial charge in [0.25, 0.3) is 0 Å². The van der Waals surface area contributed by atoms with Gasteiger partial charge < -0.3 is 10.6 Å². The molecular weight excluding hydrogens is 274 g/mol. The summed E-state index contributed by atoms with van der Waals surface area (Å²) in [7, 11) is 0. The summed E-state index contributed by atoms with van der Waals surface area (Å²) in [5.74, 6) is 0.988. The third-order valence-corrected chi connectivity index (χ3v) is 4.12. The first-order valence-electron chi connectivity index (χ1n) is 7.77. The molecule has 2 aromatic heterocycles. The molecule has 0 bridgehead atoms. The van der Waals surface area contributed by atoms with Crippen LogP contribution in [0.15, 0.2) is 48.7 Å². The van der Waals surface area contributed by atoms with Crippen molar-refractivity contribution in [2.75, 3.05) is 18.4 Å². The zero-order valence-corrected chi connectivity index (χ0v) is 12.4. The first kappa shape index (κ1) is 13.3. The fourth-order valence-corrected chi connectivity index (χ4v) is 2.95. The van der Waals surface area contributed by atoms with Crippen LogP contribution in [-0.2, 0) is 0 Å². The number of fused-ring (bicyclic) bond motifs is 1.